The Balaban J connectivity index is 1.94. The van der Waals surface area contributed by atoms with Crippen molar-refractivity contribution in [3.05, 3.63) is 82.4 Å². The van der Waals surface area contributed by atoms with Gasteiger partial charge in [-0.15, -0.1) is 0 Å². The molecule has 25 heavy (non-hydrogen) atoms. The number of ketones is 1. The number of carbonyl (C=O) groups is 1. The fraction of sp³-hybridized carbons (Fsp3) is 0.118. The van der Waals surface area contributed by atoms with Gasteiger partial charge < -0.3 is 14.7 Å². The summed E-state index contributed by atoms with van der Waals surface area (Å²) in [5.74, 6) is -2.90. The van der Waals surface area contributed by atoms with Crippen LogP contribution in [0.15, 0.2) is 66.2 Å². The standard InChI is InChI=1S/C17H14ClNO5S/c18-13-8-4-7-12(9-13)15-14(20)16(17(19)23-15)24-25(21,22)10-11-5-2-1-3-6-11/h1-9,15H,10,19H2/t15-/m1/s1/i10D2,15D. The van der Waals surface area contributed by atoms with Crippen LogP contribution in [-0.2, 0) is 29.5 Å². The van der Waals surface area contributed by atoms with Crippen LogP contribution in [0.1, 0.15) is 21.3 Å². The second kappa shape index (κ2) is 6.78. The van der Waals surface area contributed by atoms with Gasteiger partial charge in [0, 0.05) is 10.6 Å². The van der Waals surface area contributed by atoms with E-state index < -0.39 is 39.3 Å². The SMILES string of the molecule is [2H]C([2H])(c1ccccc1)S(=O)(=O)OC1=C(N)O[C@]([2H])(c2cccc(Cl)c2)C1=O. The summed E-state index contributed by atoms with van der Waals surface area (Å²) in [6.07, 6.45) is -2.40. The maximum atomic E-state index is 12.7. The van der Waals surface area contributed by atoms with Crippen molar-refractivity contribution in [3.63, 3.8) is 0 Å². The predicted octanol–water partition coefficient (Wildman–Crippen LogP) is 2.65. The molecule has 1 aliphatic heterocycles. The third kappa shape index (κ3) is 3.94. The summed E-state index contributed by atoms with van der Waals surface area (Å²) in [4.78, 5) is 12.7. The van der Waals surface area contributed by atoms with Gasteiger partial charge >= 0.3 is 10.1 Å². The van der Waals surface area contributed by atoms with Crippen molar-refractivity contribution in [1.29, 1.82) is 0 Å². The van der Waals surface area contributed by atoms with Gasteiger partial charge in [0.25, 0.3) is 0 Å². The maximum Gasteiger partial charge on any atom is 0.313 e. The summed E-state index contributed by atoms with van der Waals surface area (Å²) in [5.41, 5.74) is 2.41. The van der Waals surface area contributed by atoms with E-state index in [1.165, 1.54) is 48.5 Å². The zero-order valence-electron chi connectivity index (χ0n) is 15.6. The van der Waals surface area contributed by atoms with Crippen LogP contribution in [0.4, 0.5) is 0 Å². The monoisotopic (exact) mass is 382 g/mol. The molecule has 2 aromatic rings. The molecule has 2 aromatic carbocycles. The molecule has 3 rings (SSSR count). The number of halogens is 1. The summed E-state index contributed by atoms with van der Waals surface area (Å²) in [6, 6.07) is 12.7. The van der Waals surface area contributed by atoms with E-state index in [-0.39, 0.29) is 16.1 Å². The first-order chi connectivity index (χ1) is 13.0. The largest absolute Gasteiger partial charge is 0.460 e. The van der Waals surface area contributed by atoms with Gasteiger partial charge in [0.15, 0.2) is 6.08 Å². The Kier molecular flexibility index (Phi) is 3.73. The molecule has 1 heterocycles. The molecular weight excluding hydrogens is 366 g/mol. The number of nitrogens with two attached hydrogens (primary N) is 1. The van der Waals surface area contributed by atoms with Crippen LogP contribution in [-0.4, -0.2) is 14.2 Å². The zero-order valence-corrected chi connectivity index (χ0v) is 14.2. The highest BCUT2D eigenvalue weighted by Gasteiger charge is 2.39. The number of rotatable bonds is 5. The van der Waals surface area contributed by atoms with E-state index in [4.69, 9.17) is 30.4 Å². The fourth-order valence-corrected chi connectivity index (χ4v) is 3.13. The summed E-state index contributed by atoms with van der Waals surface area (Å²) in [7, 11) is -5.02. The Morgan fingerprint density at radius 1 is 1.24 bits per heavy atom. The molecule has 0 saturated carbocycles. The van der Waals surface area contributed by atoms with E-state index in [1.54, 1.807) is 6.07 Å². The smallest absolute Gasteiger partial charge is 0.313 e. The molecule has 0 unspecified atom stereocenters. The normalized spacial score (nSPS) is 22.8. The average Bonchev–Trinajstić information content (AvgIpc) is 2.86. The zero-order chi connectivity index (χ0) is 20.7. The molecule has 0 radical (unpaired) electrons. The first kappa shape index (κ1) is 13.7. The topological polar surface area (TPSA) is 95.7 Å². The number of hydrogen-bond donors (Lipinski definition) is 1. The molecule has 0 bridgehead atoms. The van der Waals surface area contributed by atoms with Gasteiger partial charge in [-0.2, -0.15) is 8.42 Å². The number of benzene rings is 2. The molecule has 1 aliphatic rings. The van der Waals surface area contributed by atoms with Gasteiger partial charge in [-0.3, -0.25) is 4.79 Å². The summed E-state index contributed by atoms with van der Waals surface area (Å²) in [5, 5.41) is 0.224. The Labute approximate surface area is 154 Å². The maximum absolute atomic E-state index is 12.7. The van der Waals surface area contributed by atoms with Crippen molar-refractivity contribution in [1.82, 2.24) is 0 Å². The van der Waals surface area contributed by atoms with E-state index in [1.807, 2.05) is 0 Å². The minimum absolute atomic E-state index is 0.00928. The number of ether oxygens (including phenoxy) is 1. The highest BCUT2D eigenvalue weighted by atomic mass is 35.5. The van der Waals surface area contributed by atoms with Crippen LogP contribution in [0.5, 0.6) is 0 Å². The minimum Gasteiger partial charge on any atom is -0.460 e. The van der Waals surface area contributed by atoms with E-state index >= 15 is 0 Å². The lowest BCUT2D eigenvalue weighted by atomic mass is 10.1. The average molecular weight is 383 g/mol. The molecule has 0 saturated heterocycles. The van der Waals surface area contributed by atoms with Crippen LogP contribution in [0, 0.1) is 0 Å². The second-order valence-corrected chi connectivity index (χ2v) is 6.69. The van der Waals surface area contributed by atoms with Crippen LogP contribution in [0.2, 0.25) is 5.02 Å². The Morgan fingerprint density at radius 3 is 2.64 bits per heavy atom. The molecular formula is C17H14ClNO5S. The van der Waals surface area contributed by atoms with Gasteiger partial charge in [0.05, 0.1) is 4.11 Å². The Hall–Kier alpha value is -2.51. The van der Waals surface area contributed by atoms with Crippen molar-refractivity contribution in [2.24, 2.45) is 5.73 Å². The van der Waals surface area contributed by atoms with Gasteiger partial charge in [-0.05, 0) is 17.7 Å². The molecule has 0 fully saturated rings. The Bertz CT molecular complexity index is 1080. The van der Waals surface area contributed by atoms with Crippen LogP contribution in [0.3, 0.4) is 0 Å². The fourth-order valence-electron chi connectivity index (χ4n) is 2.10. The third-order valence-corrected chi connectivity index (χ3v) is 4.25. The molecule has 6 nitrogen and oxygen atoms in total. The lowest BCUT2D eigenvalue weighted by Crippen LogP contribution is -2.16. The van der Waals surface area contributed by atoms with E-state index in [0.29, 0.717) is 0 Å². The van der Waals surface area contributed by atoms with Crippen LogP contribution >= 0.6 is 11.6 Å². The molecule has 0 aromatic heterocycles. The summed E-state index contributed by atoms with van der Waals surface area (Å²) >= 11 is 5.87. The molecule has 0 aliphatic carbocycles. The molecule has 1 atom stereocenters. The summed E-state index contributed by atoms with van der Waals surface area (Å²) in [6.45, 7) is 0. The minimum atomic E-state index is -5.02. The molecule has 130 valence electrons. The van der Waals surface area contributed by atoms with Crippen molar-refractivity contribution >= 4 is 27.5 Å². The van der Waals surface area contributed by atoms with Gasteiger partial charge in [0.2, 0.25) is 17.4 Å². The lowest BCUT2D eigenvalue weighted by Gasteiger charge is -2.10. The first-order valence-electron chi connectivity index (χ1n) is 8.48. The van der Waals surface area contributed by atoms with Crippen molar-refractivity contribution in [2.45, 2.75) is 11.8 Å². The number of hydrogen-bond acceptors (Lipinski definition) is 6. The van der Waals surface area contributed by atoms with Gasteiger partial charge in [0.1, 0.15) is 5.70 Å². The first-order valence-corrected chi connectivity index (χ1v) is 8.77. The summed E-state index contributed by atoms with van der Waals surface area (Å²) < 4.78 is 59.0. The van der Waals surface area contributed by atoms with Crippen LogP contribution < -0.4 is 5.73 Å². The highest BCUT2D eigenvalue weighted by Crippen LogP contribution is 2.33. The molecule has 2 N–H and O–H groups in total. The quantitative estimate of drug-likeness (QED) is 0.798. The van der Waals surface area contributed by atoms with E-state index in [0.717, 1.165) is 0 Å². The van der Waals surface area contributed by atoms with Crippen LogP contribution in [0.25, 0.3) is 0 Å². The predicted molar refractivity (Wildman–Crippen MR) is 91.6 cm³/mol. The third-order valence-electron chi connectivity index (χ3n) is 3.14. The molecule has 8 heteroatoms. The van der Waals surface area contributed by atoms with E-state index in [2.05, 4.69) is 0 Å². The highest BCUT2D eigenvalue weighted by molar-refractivity contribution is 7.86. The van der Waals surface area contributed by atoms with Gasteiger partial charge in [-0.25, -0.2) is 0 Å². The van der Waals surface area contributed by atoms with E-state index in [9.17, 15) is 13.2 Å². The van der Waals surface area contributed by atoms with Crippen molar-refractivity contribution in [2.75, 3.05) is 0 Å². The molecule has 0 spiro atoms. The number of Topliss-reactive ketones (excluding diaryl/α,β-unsaturated/α-hetero) is 1. The second-order valence-electron chi connectivity index (χ2n) is 4.97. The lowest BCUT2D eigenvalue weighted by molar-refractivity contribution is -0.123. The van der Waals surface area contributed by atoms with Gasteiger partial charge in [-0.1, -0.05) is 54.1 Å². The Morgan fingerprint density at radius 2 is 1.96 bits per heavy atom. The number of carbonyl (C=O) groups excluding carboxylic acids is 1. The molecule has 0 amide bonds. The van der Waals surface area contributed by atoms with Crippen molar-refractivity contribution in [3.8, 4) is 0 Å². The van der Waals surface area contributed by atoms with Crippen molar-refractivity contribution < 1.29 is 26.2 Å².